The molecule has 4 heteroatoms. The molecule has 0 bridgehead atoms. The van der Waals surface area contributed by atoms with Gasteiger partial charge in [0.1, 0.15) is 0 Å². The van der Waals surface area contributed by atoms with E-state index in [-0.39, 0.29) is 18.4 Å². The minimum atomic E-state index is 0.0713. The Hall–Kier alpha value is -0.870. The molecule has 1 heterocycles. The molecule has 1 unspecified atom stereocenters. The highest BCUT2D eigenvalue weighted by Crippen LogP contribution is 2.31. The van der Waals surface area contributed by atoms with Gasteiger partial charge in [0.15, 0.2) is 0 Å². The molecule has 1 aromatic rings. The van der Waals surface area contributed by atoms with Crippen LogP contribution in [-0.4, -0.2) is 24.2 Å². The molecule has 0 aromatic heterocycles. The molecule has 0 radical (unpaired) electrons. The van der Waals surface area contributed by atoms with Gasteiger partial charge in [-0.25, -0.2) is 0 Å². The second-order valence-corrected chi connectivity index (χ2v) is 5.50. The zero-order valence-corrected chi connectivity index (χ0v) is 11.6. The maximum Gasteiger partial charge on any atom is 0.227 e. The number of aliphatic hydroxyl groups is 1. The average molecular weight is 298 g/mol. The van der Waals surface area contributed by atoms with Crippen LogP contribution in [0, 0.1) is 19.8 Å². The quantitative estimate of drug-likeness (QED) is 0.911. The van der Waals surface area contributed by atoms with E-state index in [4.69, 9.17) is 5.11 Å². The first-order valence-corrected chi connectivity index (χ1v) is 6.50. The normalized spacial score (nSPS) is 20.1. The van der Waals surface area contributed by atoms with E-state index in [1.54, 1.807) is 4.90 Å². The van der Waals surface area contributed by atoms with Gasteiger partial charge in [0.05, 0.1) is 0 Å². The summed E-state index contributed by atoms with van der Waals surface area (Å²) >= 11 is 3.49. The summed E-state index contributed by atoms with van der Waals surface area (Å²) in [7, 11) is 0. The second-order valence-electron chi connectivity index (χ2n) is 4.64. The van der Waals surface area contributed by atoms with Crippen molar-refractivity contribution in [3.8, 4) is 0 Å². The molecule has 1 aliphatic heterocycles. The lowest BCUT2D eigenvalue weighted by Gasteiger charge is -2.20. The highest BCUT2D eigenvalue weighted by atomic mass is 79.9. The summed E-state index contributed by atoms with van der Waals surface area (Å²) in [6, 6.07) is 4.06. The summed E-state index contributed by atoms with van der Waals surface area (Å²) < 4.78 is 1.01. The summed E-state index contributed by atoms with van der Waals surface area (Å²) in [6.45, 7) is 4.73. The van der Waals surface area contributed by atoms with Crippen molar-refractivity contribution in [3.05, 3.63) is 27.7 Å². The predicted molar refractivity (Wildman–Crippen MR) is 71.2 cm³/mol. The molecule has 2 rings (SSSR count). The average Bonchev–Trinajstić information content (AvgIpc) is 2.65. The first-order valence-electron chi connectivity index (χ1n) is 5.71. The molecular formula is C13H16BrNO2. The molecule has 0 spiro atoms. The maximum absolute atomic E-state index is 11.9. The molecule has 17 heavy (non-hydrogen) atoms. The Morgan fingerprint density at radius 3 is 2.71 bits per heavy atom. The SMILES string of the molecule is Cc1cc(C)c(N2CC(CO)CC2=O)cc1Br. The Balaban J connectivity index is 2.35. The minimum Gasteiger partial charge on any atom is -0.396 e. The van der Waals surface area contributed by atoms with Crippen LogP contribution >= 0.6 is 15.9 Å². The van der Waals surface area contributed by atoms with Crippen molar-refractivity contribution >= 4 is 27.5 Å². The Kier molecular flexibility index (Phi) is 3.54. The number of anilines is 1. The number of amides is 1. The third kappa shape index (κ3) is 2.38. The van der Waals surface area contributed by atoms with Gasteiger partial charge < -0.3 is 10.0 Å². The van der Waals surface area contributed by atoms with Gasteiger partial charge >= 0.3 is 0 Å². The second kappa shape index (κ2) is 4.78. The van der Waals surface area contributed by atoms with Crippen LogP contribution in [-0.2, 0) is 4.79 Å². The van der Waals surface area contributed by atoms with E-state index >= 15 is 0 Å². The molecule has 0 aliphatic carbocycles. The molecule has 1 aromatic carbocycles. The monoisotopic (exact) mass is 297 g/mol. The lowest BCUT2D eigenvalue weighted by Crippen LogP contribution is -2.25. The van der Waals surface area contributed by atoms with Crippen LogP contribution in [0.25, 0.3) is 0 Å². The van der Waals surface area contributed by atoms with E-state index in [0.717, 1.165) is 21.3 Å². The first kappa shape index (κ1) is 12.6. The van der Waals surface area contributed by atoms with Crippen molar-refractivity contribution in [2.24, 2.45) is 5.92 Å². The number of aliphatic hydroxyl groups excluding tert-OH is 1. The third-order valence-electron chi connectivity index (χ3n) is 3.23. The zero-order valence-electron chi connectivity index (χ0n) is 10.0. The molecule has 1 aliphatic rings. The van der Waals surface area contributed by atoms with E-state index in [0.29, 0.717) is 13.0 Å². The van der Waals surface area contributed by atoms with E-state index in [9.17, 15) is 4.79 Å². The summed E-state index contributed by atoms with van der Waals surface area (Å²) in [5.41, 5.74) is 3.21. The van der Waals surface area contributed by atoms with Crippen LogP contribution in [0.4, 0.5) is 5.69 Å². The van der Waals surface area contributed by atoms with Crippen molar-refractivity contribution in [1.82, 2.24) is 0 Å². The number of benzene rings is 1. The number of halogens is 1. The van der Waals surface area contributed by atoms with E-state index in [1.807, 2.05) is 19.9 Å². The van der Waals surface area contributed by atoms with Crippen molar-refractivity contribution in [3.63, 3.8) is 0 Å². The molecule has 92 valence electrons. The van der Waals surface area contributed by atoms with Gasteiger partial charge in [-0.1, -0.05) is 22.0 Å². The van der Waals surface area contributed by atoms with Crippen LogP contribution in [0.15, 0.2) is 16.6 Å². The lowest BCUT2D eigenvalue weighted by atomic mass is 10.1. The number of aryl methyl sites for hydroxylation is 2. The van der Waals surface area contributed by atoms with Crippen molar-refractivity contribution < 1.29 is 9.90 Å². The van der Waals surface area contributed by atoms with Crippen LogP contribution in [0.2, 0.25) is 0 Å². The topological polar surface area (TPSA) is 40.5 Å². The maximum atomic E-state index is 11.9. The van der Waals surface area contributed by atoms with E-state index < -0.39 is 0 Å². The standard InChI is InChI=1S/C13H16BrNO2/c1-8-3-9(2)12(5-11(8)14)15-6-10(7-16)4-13(15)17/h3,5,10,16H,4,6-7H2,1-2H3. The van der Waals surface area contributed by atoms with Crippen LogP contribution in [0.3, 0.4) is 0 Å². The number of carbonyl (C=O) groups is 1. The Morgan fingerprint density at radius 1 is 1.41 bits per heavy atom. The third-order valence-corrected chi connectivity index (χ3v) is 4.09. The van der Waals surface area contributed by atoms with Crippen LogP contribution in [0.5, 0.6) is 0 Å². The fourth-order valence-corrected chi connectivity index (χ4v) is 2.57. The lowest BCUT2D eigenvalue weighted by molar-refractivity contribution is -0.117. The smallest absolute Gasteiger partial charge is 0.227 e. The van der Waals surface area contributed by atoms with Gasteiger partial charge in [0, 0.05) is 35.7 Å². The molecule has 1 atom stereocenters. The number of hydrogen-bond donors (Lipinski definition) is 1. The van der Waals surface area contributed by atoms with Crippen LogP contribution < -0.4 is 4.90 Å². The van der Waals surface area contributed by atoms with Crippen molar-refractivity contribution in [2.75, 3.05) is 18.1 Å². The van der Waals surface area contributed by atoms with Gasteiger partial charge in [-0.3, -0.25) is 4.79 Å². The molecule has 1 amide bonds. The fourth-order valence-electron chi connectivity index (χ4n) is 2.24. The summed E-state index contributed by atoms with van der Waals surface area (Å²) in [6.07, 6.45) is 0.446. The van der Waals surface area contributed by atoms with Crippen LogP contribution in [0.1, 0.15) is 17.5 Å². The Bertz CT molecular complexity index is 459. The van der Waals surface area contributed by atoms with Gasteiger partial charge in [-0.05, 0) is 31.0 Å². The van der Waals surface area contributed by atoms with E-state index in [1.165, 1.54) is 0 Å². The Labute approximate surface area is 110 Å². The zero-order chi connectivity index (χ0) is 12.6. The highest BCUT2D eigenvalue weighted by Gasteiger charge is 2.30. The molecule has 1 N–H and O–H groups in total. The first-order chi connectivity index (χ1) is 8.02. The van der Waals surface area contributed by atoms with Gasteiger partial charge in [-0.2, -0.15) is 0 Å². The fraction of sp³-hybridized carbons (Fsp3) is 0.462. The van der Waals surface area contributed by atoms with Crippen molar-refractivity contribution in [2.45, 2.75) is 20.3 Å². The molecule has 3 nitrogen and oxygen atoms in total. The summed E-state index contributed by atoms with van der Waals surface area (Å²) in [4.78, 5) is 13.7. The van der Waals surface area contributed by atoms with Gasteiger partial charge in [0.2, 0.25) is 5.91 Å². The minimum absolute atomic E-state index is 0.0713. The van der Waals surface area contributed by atoms with E-state index in [2.05, 4.69) is 22.0 Å². The number of hydrogen-bond acceptors (Lipinski definition) is 2. The van der Waals surface area contributed by atoms with Crippen molar-refractivity contribution in [1.29, 1.82) is 0 Å². The highest BCUT2D eigenvalue weighted by molar-refractivity contribution is 9.10. The predicted octanol–water partition coefficient (Wildman–Crippen LogP) is 2.41. The number of nitrogens with zero attached hydrogens (tertiary/aromatic N) is 1. The molecule has 0 saturated carbocycles. The largest absolute Gasteiger partial charge is 0.396 e. The molecular weight excluding hydrogens is 282 g/mol. The number of rotatable bonds is 2. The summed E-state index contributed by atoms with van der Waals surface area (Å²) in [5.74, 6) is 0.171. The molecule has 1 saturated heterocycles. The van der Waals surface area contributed by atoms with Gasteiger partial charge in [-0.15, -0.1) is 0 Å². The summed E-state index contributed by atoms with van der Waals surface area (Å²) in [5, 5.41) is 9.13. The number of carbonyl (C=O) groups excluding carboxylic acids is 1. The molecule has 1 fully saturated rings. The Morgan fingerprint density at radius 2 is 2.12 bits per heavy atom. The van der Waals surface area contributed by atoms with Gasteiger partial charge in [0.25, 0.3) is 0 Å².